The molecular formula is C7H12FNO. The maximum atomic E-state index is 13.5. The summed E-state index contributed by atoms with van der Waals surface area (Å²) in [4.78, 5) is 2.12. The Balaban J connectivity index is 2.17. The van der Waals surface area contributed by atoms with E-state index in [0.717, 1.165) is 13.1 Å². The quantitative estimate of drug-likeness (QED) is 0.525. The van der Waals surface area contributed by atoms with Gasteiger partial charge in [0, 0.05) is 19.6 Å². The molecule has 10 heavy (non-hydrogen) atoms. The second kappa shape index (κ2) is 1.92. The topological polar surface area (TPSA) is 23.5 Å². The van der Waals surface area contributed by atoms with E-state index in [9.17, 15) is 9.50 Å². The van der Waals surface area contributed by atoms with Crippen LogP contribution >= 0.6 is 0 Å². The Labute approximate surface area is 59.6 Å². The van der Waals surface area contributed by atoms with Crippen molar-refractivity contribution in [3.63, 3.8) is 0 Å². The van der Waals surface area contributed by atoms with Gasteiger partial charge in [-0.25, -0.2) is 4.39 Å². The highest BCUT2D eigenvalue weighted by molar-refractivity contribution is 4.99. The van der Waals surface area contributed by atoms with Gasteiger partial charge in [0.25, 0.3) is 0 Å². The average molecular weight is 145 g/mol. The van der Waals surface area contributed by atoms with Crippen molar-refractivity contribution in [1.29, 1.82) is 0 Å². The molecule has 3 heteroatoms. The van der Waals surface area contributed by atoms with E-state index in [2.05, 4.69) is 4.90 Å². The molecule has 2 nitrogen and oxygen atoms in total. The summed E-state index contributed by atoms with van der Waals surface area (Å²) in [6, 6.07) is 0. The van der Waals surface area contributed by atoms with E-state index >= 15 is 0 Å². The molecule has 3 rings (SSSR count). The van der Waals surface area contributed by atoms with E-state index < -0.39 is 11.8 Å². The van der Waals surface area contributed by atoms with E-state index in [-0.39, 0.29) is 0 Å². The van der Waals surface area contributed by atoms with Crippen molar-refractivity contribution in [3.8, 4) is 0 Å². The Bertz CT molecular complexity index is 143. The predicted octanol–water partition coefficient (Wildman–Crippen LogP) is 0.165. The van der Waals surface area contributed by atoms with Gasteiger partial charge < -0.3 is 10.0 Å². The van der Waals surface area contributed by atoms with Crippen LogP contribution in [0.2, 0.25) is 0 Å². The molecule has 3 fully saturated rings. The second-order valence-corrected chi connectivity index (χ2v) is 3.35. The van der Waals surface area contributed by atoms with Gasteiger partial charge in [-0.3, -0.25) is 0 Å². The van der Waals surface area contributed by atoms with Gasteiger partial charge in [-0.15, -0.1) is 0 Å². The van der Waals surface area contributed by atoms with Crippen LogP contribution in [0.1, 0.15) is 12.8 Å². The molecule has 1 unspecified atom stereocenters. The number of rotatable bonds is 0. The van der Waals surface area contributed by atoms with Crippen LogP contribution in [-0.4, -0.2) is 41.4 Å². The molecule has 3 heterocycles. The SMILES string of the molecule is OC1CN2CCC1(F)CC2. The molecule has 3 aliphatic rings. The Morgan fingerprint density at radius 2 is 2.00 bits per heavy atom. The summed E-state index contributed by atoms with van der Waals surface area (Å²) in [6.07, 6.45) is 0.317. The van der Waals surface area contributed by atoms with Crippen LogP contribution in [-0.2, 0) is 0 Å². The van der Waals surface area contributed by atoms with Crippen molar-refractivity contribution in [3.05, 3.63) is 0 Å². The summed E-state index contributed by atoms with van der Waals surface area (Å²) in [5.41, 5.74) is -1.24. The number of aliphatic hydroxyl groups is 1. The zero-order chi connectivity index (χ0) is 7.19. The van der Waals surface area contributed by atoms with Crippen LogP contribution < -0.4 is 0 Å². The van der Waals surface area contributed by atoms with Gasteiger partial charge in [0.2, 0.25) is 0 Å². The van der Waals surface area contributed by atoms with Gasteiger partial charge >= 0.3 is 0 Å². The fourth-order valence-electron chi connectivity index (χ4n) is 1.85. The van der Waals surface area contributed by atoms with Gasteiger partial charge in [0.1, 0.15) is 11.8 Å². The van der Waals surface area contributed by atoms with Crippen molar-refractivity contribution in [1.82, 2.24) is 4.90 Å². The molecule has 1 atom stereocenters. The highest BCUT2D eigenvalue weighted by atomic mass is 19.1. The lowest BCUT2D eigenvalue weighted by molar-refractivity contribution is -0.109. The fourth-order valence-corrected chi connectivity index (χ4v) is 1.85. The third-order valence-corrected chi connectivity index (χ3v) is 2.72. The number of fused-ring (bicyclic) bond motifs is 3. The summed E-state index contributed by atoms with van der Waals surface area (Å²) in [5.74, 6) is 0. The van der Waals surface area contributed by atoms with Crippen molar-refractivity contribution in [2.24, 2.45) is 0 Å². The van der Waals surface area contributed by atoms with Crippen molar-refractivity contribution < 1.29 is 9.50 Å². The number of halogens is 1. The molecule has 0 amide bonds. The highest BCUT2D eigenvalue weighted by Gasteiger charge is 2.46. The number of hydrogen-bond donors (Lipinski definition) is 1. The van der Waals surface area contributed by atoms with Gasteiger partial charge in [0.15, 0.2) is 0 Å². The van der Waals surface area contributed by atoms with Crippen molar-refractivity contribution >= 4 is 0 Å². The summed E-state index contributed by atoms with van der Waals surface area (Å²) < 4.78 is 13.5. The number of nitrogens with zero attached hydrogens (tertiary/aromatic N) is 1. The zero-order valence-electron chi connectivity index (χ0n) is 5.89. The van der Waals surface area contributed by atoms with Crippen LogP contribution in [0.3, 0.4) is 0 Å². The maximum absolute atomic E-state index is 13.5. The van der Waals surface area contributed by atoms with E-state index in [4.69, 9.17) is 0 Å². The molecule has 3 saturated heterocycles. The summed E-state index contributed by atoms with van der Waals surface area (Å²) in [5, 5.41) is 9.24. The second-order valence-electron chi connectivity index (χ2n) is 3.35. The zero-order valence-corrected chi connectivity index (χ0v) is 5.89. The van der Waals surface area contributed by atoms with E-state index in [0.29, 0.717) is 19.4 Å². The third kappa shape index (κ3) is 0.772. The van der Waals surface area contributed by atoms with Gasteiger partial charge in [0.05, 0.1) is 0 Å². The molecule has 0 aromatic rings. The van der Waals surface area contributed by atoms with Gasteiger partial charge in [-0.05, 0) is 12.8 Å². The predicted molar refractivity (Wildman–Crippen MR) is 35.5 cm³/mol. The first-order valence-corrected chi connectivity index (χ1v) is 3.80. The van der Waals surface area contributed by atoms with Gasteiger partial charge in [-0.2, -0.15) is 0 Å². The minimum Gasteiger partial charge on any atom is -0.388 e. The fraction of sp³-hybridized carbons (Fsp3) is 1.00. The molecule has 2 bridgehead atoms. The Hall–Kier alpha value is -0.150. The first kappa shape index (κ1) is 6.55. The Morgan fingerprint density at radius 1 is 1.40 bits per heavy atom. The number of aliphatic hydroxyl groups excluding tert-OH is 1. The Morgan fingerprint density at radius 3 is 2.30 bits per heavy atom. The van der Waals surface area contributed by atoms with Crippen molar-refractivity contribution in [2.75, 3.05) is 19.6 Å². The number of alkyl halides is 1. The number of hydrogen-bond acceptors (Lipinski definition) is 2. The third-order valence-electron chi connectivity index (χ3n) is 2.72. The highest BCUT2D eigenvalue weighted by Crippen LogP contribution is 2.35. The van der Waals surface area contributed by atoms with Crippen LogP contribution in [0, 0.1) is 0 Å². The lowest BCUT2D eigenvalue weighted by Gasteiger charge is -2.46. The van der Waals surface area contributed by atoms with Crippen molar-refractivity contribution in [2.45, 2.75) is 24.6 Å². The average Bonchev–Trinajstić information content (AvgIpc) is 1.92. The molecular weight excluding hydrogens is 133 g/mol. The molecule has 3 aliphatic heterocycles. The monoisotopic (exact) mass is 145 g/mol. The summed E-state index contributed by atoms with van der Waals surface area (Å²) in [6.45, 7) is 2.19. The molecule has 0 saturated carbocycles. The standard InChI is InChI=1S/C7H12FNO/c8-7-1-3-9(4-2-7)5-6(7)10/h6,10H,1-5H2. The molecule has 0 aromatic heterocycles. The lowest BCUT2D eigenvalue weighted by Crippen LogP contribution is -2.59. The van der Waals surface area contributed by atoms with Crippen LogP contribution in [0.15, 0.2) is 0 Å². The Kier molecular flexibility index (Phi) is 1.26. The van der Waals surface area contributed by atoms with E-state index in [1.807, 2.05) is 0 Å². The molecule has 0 radical (unpaired) electrons. The summed E-state index contributed by atoms with van der Waals surface area (Å²) in [7, 11) is 0. The summed E-state index contributed by atoms with van der Waals surface area (Å²) >= 11 is 0. The molecule has 0 aromatic carbocycles. The smallest absolute Gasteiger partial charge is 0.140 e. The first-order valence-electron chi connectivity index (χ1n) is 3.80. The molecule has 0 aliphatic carbocycles. The maximum Gasteiger partial charge on any atom is 0.140 e. The lowest BCUT2D eigenvalue weighted by atomic mass is 9.83. The van der Waals surface area contributed by atoms with Crippen LogP contribution in [0.4, 0.5) is 4.39 Å². The van der Waals surface area contributed by atoms with Gasteiger partial charge in [-0.1, -0.05) is 0 Å². The first-order chi connectivity index (χ1) is 4.71. The normalized spacial score (nSPS) is 53.4. The minimum atomic E-state index is -1.24. The van der Waals surface area contributed by atoms with E-state index in [1.54, 1.807) is 0 Å². The van der Waals surface area contributed by atoms with Crippen LogP contribution in [0.5, 0.6) is 0 Å². The number of piperidine rings is 3. The molecule has 58 valence electrons. The molecule has 0 spiro atoms. The van der Waals surface area contributed by atoms with E-state index in [1.165, 1.54) is 0 Å². The minimum absolute atomic E-state index is 0.522. The molecule has 1 N–H and O–H groups in total. The van der Waals surface area contributed by atoms with Crippen LogP contribution in [0.25, 0.3) is 0 Å². The largest absolute Gasteiger partial charge is 0.388 e.